The number of nitrogens with one attached hydrogen (secondary N) is 1. The second kappa shape index (κ2) is 7.71. The van der Waals surface area contributed by atoms with E-state index >= 15 is 0 Å². The fraction of sp³-hybridized carbons (Fsp3) is 0.500. The third-order valence-electron chi connectivity index (χ3n) is 2.66. The topological polar surface area (TPSA) is 58.6 Å². The van der Waals surface area contributed by atoms with Gasteiger partial charge in [-0.1, -0.05) is 12.1 Å². The van der Waals surface area contributed by atoms with Crippen LogP contribution < -0.4 is 10.1 Å². The maximum atomic E-state index is 11.4. The molecule has 0 radical (unpaired) electrons. The third-order valence-corrected chi connectivity index (χ3v) is 2.66. The van der Waals surface area contributed by atoms with E-state index in [9.17, 15) is 4.79 Å². The predicted octanol–water partition coefficient (Wildman–Crippen LogP) is 1.51. The van der Waals surface area contributed by atoms with E-state index in [0.29, 0.717) is 19.4 Å². The molecular weight excluding hydrogens is 230 g/mol. The van der Waals surface area contributed by atoms with E-state index in [2.05, 4.69) is 5.32 Å². The molecule has 1 unspecified atom stereocenters. The molecule has 2 N–H and O–H groups in total. The highest BCUT2D eigenvalue weighted by atomic mass is 16.5. The SMILES string of the molecule is COc1cccc(CCNC(=O)CCC(C)O)c1. The fourth-order valence-corrected chi connectivity index (χ4v) is 1.60. The van der Waals surface area contributed by atoms with Gasteiger partial charge in [0.1, 0.15) is 5.75 Å². The lowest BCUT2D eigenvalue weighted by Crippen LogP contribution is -2.26. The summed E-state index contributed by atoms with van der Waals surface area (Å²) in [6, 6.07) is 7.79. The van der Waals surface area contributed by atoms with Gasteiger partial charge in [0.2, 0.25) is 5.91 Å². The number of ether oxygens (including phenoxy) is 1. The molecule has 1 aromatic rings. The summed E-state index contributed by atoms with van der Waals surface area (Å²) >= 11 is 0. The monoisotopic (exact) mass is 251 g/mol. The van der Waals surface area contributed by atoms with Gasteiger partial charge in [0.15, 0.2) is 0 Å². The van der Waals surface area contributed by atoms with Gasteiger partial charge in [0.05, 0.1) is 13.2 Å². The molecule has 0 fully saturated rings. The average molecular weight is 251 g/mol. The lowest BCUT2D eigenvalue weighted by molar-refractivity contribution is -0.121. The molecule has 1 aromatic carbocycles. The molecule has 0 aromatic heterocycles. The largest absolute Gasteiger partial charge is 0.497 e. The Kier molecular flexibility index (Phi) is 6.22. The standard InChI is InChI=1S/C14H21NO3/c1-11(16)6-7-14(17)15-9-8-12-4-3-5-13(10-12)18-2/h3-5,10-11,16H,6-9H2,1-2H3,(H,15,17). The Labute approximate surface area is 108 Å². The van der Waals surface area contributed by atoms with Crippen LogP contribution in [-0.2, 0) is 11.2 Å². The predicted molar refractivity (Wildman–Crippen MR) is 70.6 cm³/mol. The summed E-state index contributed by atoms with van der Waals surface area (Å²) in [5.74, 6) is 0.812. The Morgan fingerprint density at radius 3 is 2.94 bits per heavy atom. The highest BCUT2D eigenvalue weighted by Gasteiger charge is 2.03. The van der Waals surface area contributed by atoms with Crippen LogP contribution in [0.4, 0.5) is 0 Å². The highest BCUT2D eigenvalue weighted by Crippen LogP contribution is 2.12. The Morgan fingerprint density at radius 2 is 2.28 bits per heavy atom. The van der Waals surface area contributed by atoms with Crippen LogP contribution in [0.1, 0.15) is 25.3 Å². The summed E-state index contributed by atoms with van der Waals surface area (Å²) in [7, 11) is 1.64. The molecule has 0 spiro atoms. The lowest BCUT2D eigenvalue weighted by atomic mass is 10.1. The first kappa shape index (κ1) is 14.5. The van der Waals surface area contributed by atoms with Crippen molar-refractivity contribution in [3.8, 4) is 5.75 Å². The second-order valence-corrected chi connectivity index (χ2v) is 4.34. The lowest BCUT2D eigenvalue weighted by Gasteiger charge is -2.07. The third kappa shape index (κ3) is 5.68. The molecule has 0 aliphatic heterocycles. The normalized spacial score (nSPS) is 11.9. The van der Waals surface area contributed by atoms with Crippen LogP contribution in [0.2, 0.25) is 0 Å². The first-order chi connectivity index (χ1) is 8.61. The molecule has 0 aliphatic carbocycles. The number of hydrogen-bond donors (Lipinski definition) is 2. The van der Waals surface area contributed by atoms with Gasteiger partial charge in [0, 0.05) is 13.0 Å². The highest BCUT2D eigenvalue weighted by molar-refractivity contribution is 5.75. The fourth-order valence-electron chi connectivity index (χ4n) is 1.60. The number of carbonyl (C=O) groups is 1. The average Bonchev–Trinajstić information content (AvgIpc) is 2.36. The van der Waals surface area contributed by atoms with E-state index in [4.69, 9.17) is 9.84 Å². The first-order valence-corrected chi connectivity index (χ1v) is 6.19. The smallest absolute Gasteiger partial charge is 0.220 e. The van der Waals surface area contributed by atoms with Crippen molar-refractivity contribution < 1.29 is 14.6 Å². The van der Waals surface area contributed by atoms with E-state index < -0.39 is 6.10 Å². The van der Waals surface area contributed by atoms with Gasteiger partial charge in [-0.3, -0.25) is 4.79 Å². The van der Waals surface area contributed by atoms with Gasteiger partial charge in [-0.2, -0.15) is 0 Å². The summed E-state index contributed by atoms with van der Waals surface area (Å²) < 4.78 is 5.13. The number of benzene rings is 1. The van der Waals surface area contributed by atoms with E-state index in [-0.39, 0.29) is 5.91 Å². The van der Waals surface area contributed by atoms with Crippen LogP contribution >= 0.6 is 0 Å². The first-order valence-electron chi connectivity index (χ1n) is 6.19. The van der Waals surface area contributed by atoms with Gasteiger partial charge >= 0.3 is 0 Å². The summed E-state index contributed by atoms with van der Waals surface area (Å²) in [5.41, 5.74) is 1.13. The van der Waals surface area contributed by atoms with Crippen LogP contribution in [0.3, 0.4) is 0 Å². The van der Waals surface area contributed by atoms with E-state index in [0.717, 1.165) is 17.7 Å². The molecule has 1 atom stereocenters. The van der Waals surface area contributed by atoms with Crippen molar-refractivity contribution in [2.24, 2.45) is 0 Å². The summed E-state index contributed by atoms with van der Waals surface area (Å²) in [6.07, 6.45) is 1.23. The minimum absolute atomic E-state index is 0.0150. The summed E-state index contributed by atoms with van der Waals surface area (Å²) in [6.45, 7) is 2.29. The molecule has 0 bridgehead atoms. The minimum Gasteiger partial charge on any atom is -0.497 e. The molecule has 0 heterocycles. The molecule has 1 amide bonds. The van der Waals surface area contributed by atoms with Gasteiger partial charge in [0.25, 0.3) is 0 Å². The molecule has 18 heavy (non-hydrogen) atoms. The van der Waals surface area contributed by atoms with Crippen molar-refractivity contribution in [3.63, 3.8) is 0 Å². The van der Waals surface area contributed by atoms with Gasteiger partial charge in [-0.25, -0.2) is 0 Å². The quantitative estimate of drug-likeness (QED) is 0.772. The number of methoxy groups -OCH3 is 1. The van der Waals surface area contributed by atoms with Gasteiger partial charge in [-0.15, -0.1) is 0 Å². The molecule has 1 rings (SSSR count). The summed E-state index contributed by atoms with van der Waals surface area (Å²) in [4.78, 5) is 11.4. The van der Waals surface area contributed by atoms with Crippen LogP contribution in [0, 0.1) is 0 Å². The molecule has 0 saturated carbocycles. The number of amides is 1. The van der Waals surface area contributed by atoms with Crippen LogP contribution in [0.5, 0.6) is 5.75 Å². The minimum atomic E-state index is -0.422. The zero-order valence-corrected chi connectivity index (χ0v) is 11.0. The molecule has 0 aliphatic rings. The number of aliphatic hydroxyl groups is 1. The number of hydrogen-bond acceptors (Lipinski definition) is 3. The van der Waals surface area contributed by atoms with E-state index in [1.165, 1.54) is 0 Å². The van der Waals surface area contributed by atoms with Crippen molar-refractivity contribution in [2.45, 2.75) is 32.3 Å². The van der Waals surface area contributed by atoms with Crippen molar-refractivity contribution in [1.29, 1.82) is 0 Å². The molecule has 4 nitrogen and oxygen atoms in total. The molecule has 4 heteroatoms. The van der Waals surface area contributed by atoms with Gasteiger partial charge in [-0.05, 0) is 37.5 Å². The van der Waals surface area contributed by atoms with Crippen molar-refractivity contribution >= 4 is 5.91 Å². The molecular formula is C14H21NO3. The molecule has 100 valence electrons. The number of carbonyl (C=O) groups excluding carboxylic acids is 1. The zero-order valence-electron chi connectivity index (χ0n) is 11.0. The number of rotatable bonds is 7. The summed E-state index contributed by atoms with van der Waals surface area (Å²) in [5, 5.41) is 11.9. The Balaban J connectivity index is 2.26. The van der Waals surface area contributed by atoms with Gasteiger partial charge < -0.3 is 15.2 Å². The second-order valence-electron chi connectivity index (χ2n) is 4.34. The Bertz CT molecular complexity index is 377. The van der Waals surface area contributed by atoms with Crippen LogP contribution in [0.15, 0.2) is 24.3 Å². The molecule has 0 saturated heterocycles. The van der Waals surface area contributed by atoms with Crippen LogP contribution in [0.25, 0.3) is 0 Å². The number of aliphatic hydroxyl groups excluding tert-OH is 1. The maximum absolute atomic E-state index is 11.4. The van der Waals surface area contributed by atoms with Crippen molar-refractivity contribution in [2.75, 3.05) is 13.7 Å². The van der Waals surface area contributed by atoms with Crippen LogP contribution in [-0.4, -0.2) is 30.8 Å². The van der Waals surface area contributed by atoms with E-state index in [1.54, 1.807) is 14.0 Å². The van der Waals surface area contributed by atoms with E-state index in [1.807, 2.05) is 24.3 Å². The zero-order chi connectivity index (χ0) is 13.4. The van der Waals surface area contributed by atoms with Crippen molar-refractivity contribution in [1.82, 2.24) is 5.32 Å². The Hall–Kier alpha value is -1.55. The maximum Gasteiger partial charge on any atom is 0.220 e. The van der Waals surface area contributed by atoms with Crippen molar-refractivity contribution in [3.05, 3.63) is 29.8 Å². The Morgan fingerprint density at radius 1 is 1.50 bits per heavy atom.